The van der Waals surface area contributed by atoms with E-state index in [1.165, 1.54) is 0 Å². The van der Waals surface area contributed by atoms with Gasteiger partial charge in [0.2, 0.25) is 0 Å². The van der Waals surface area contributed by atoms with Crippen LogP contribution in [-0.2, 0) is 361 Å². The summed E-state index contributed by atoms with van der Waals surface area (Å²) in [6.45, 7) is 7.14. The highest BCUT2D eigenvalue weighted by atomic mass is 31.1. The zero-order valence-electron chi connectivity index (χ0n) is 43.0. The molecule has 0 aromatic heterocycles. The van der Waals surface area contributed by atoms with Crippen LogP contribution in [-0.4, -0.2) is 16.9 Å². The van der Waals surface area contributed by atoms with Crippen LogP contribution >= 0.6 is 7.91 Å². The summed E-state index contributed by atoms with van der Waals surface area (Å²) in [4.78, 5) is 28.6. The van der Waals surface area contributed by atoms with Gasteiger partial charge in [-0.25, -0.2) is 19.2 Å². The number of hydrogen-bond donors (Lipinski definition) is 2. The summed E-state index contributed by atoms with van der Waals surface area (Å²) in [6.07, 6.45) is 0.124. The number of nitriles is 1. The maximum atomic E-state index is 12.7. The summed E-state index contributed by atoms with van der Waals surface area (Å²) in [5, 5.41) is 251. The Hall–Kier alpha value is -6.82. The Labute approximate surface area is 514 Å². The third kappa shape index (κ3) is 46.5. The van der Waals surface area contributed by atoms with Gasteiger partial charge in [0, 0.05) is 263 Å². The molecule has 76 nitrogen and oxygen atoms in total. The van der Waals surface area contributed by atoms with Crippen molar-refractivity contribution < 1.29 is 366 Å². The predicted molar refractivity (Wildman–Crippen MR) is 180 cm³/mol. The van der Waals surface area contributed by atoms with Gasteiger partial charge in [-0.05, 0) is 116 Å². The molecule has 4 rings (SSSR count). The summed E-state index contributed by atoms with van der Waals surface area (Å²) in [5.74, 6) is -0.467. The topological polar surface area (TPSA) is 756 Å². The first kappa shape index (κ1) is 85.4. The van der Waals surface area contributed by atoms with Gasteiger partial charge in [-0.2, -0.15) is 5.26 Å². The second kappa shape index (κ2) is 63.6. The largest absolute Gasteiger partial charge is 0.498 e. The molecule has 554 valence electrons. The molecule has 2 aliphatic rings. The fourth-order valence-corrected chi connectivity index (χ4v) is 4.20. The summed E-state index contributed by atoms with van der Waals surface area (Å²) in [7, 11) is -3.42. The lowest BCUT2D eigenvalue weighted by atomic mass is 9.99. The quantitative estimate of drug-likeness (QED) is 0.0273. The molecule has 77 heteroatoms. The molecule has 0 bridgehead atoms. The van der Waals surface area contributed by atoms with E-state index >= 15 is 0 Å². The molecule has 0 saturated carbocycles. The smallest absolute Gasteiger partial charge is 0.321 e. The molecule has 0 radical (unpaired) electrons. The van der Waals surface area contributed by atoms with E-state index in [1.807, 2.05) is 0 Å². The number of carbonyl (C=O) groups is 2. The molecule has 2 aromatic carbocycles. The fourth-order valence-electron chi connectivity index (χ4n) is 4.13. The standard InChI is InChI=1S/C21H11N3O2.HO71P/c1-23-15-7-3-6-14(9-15)20-19-17(25)10-16(18(19)21(26)24-20)13-5-2-4-12(8-13)11-22;1-4-5-6-7-8-9-10-11-12-13-14-15-16-17-18-19-20-21-22-23-24-25-26-27-28-29-30-31-32-33-34-35-36-37-38-39-40-41-42-43-44-45-46-47-48-49-50-51-52-53-54-55-56-57-58-59-60-61-62-63-64-65-66-67-68-69-70-71-72(2)3/h2-9H,10H2,(H,24,26);1H. The fraction of sp³-hybridized carbons (Fsp3) is 0.0476. The Morgan fingerprint density at radius 1 is 0.367 bits per heavy atom. The van der Waals surface area contributed by atoms with Crippen LogP contribution in [0.1, 0.15) is 23.1 Å². The minimum Gasteiger partial charge on any atom is -0.321 e. The van der Waals surface area contributed by atoms with E-state index in [0.29, 0.717) is 44.8 Å². The van der Waals surface area contributed by atoms with Gasteiger partial charge in [-0.15, -0.1) is 0 Å². The molecule has 0 spiro atoms. The molecule has 0 atom stereocenters. The van der Waals surface area contributed by atoms with E-state index in [1.54, 1.807) is 48.5 Å². The number of amides is 1. The van der Waals surface area contributed by atoms with Crippen molar-refractivity contribution in [2.45, 2.75) is 6.42 Å². The molecule has 1 amide bonds. The van der Waals surface area contributed by atoms with Gasteiger partial charge in [-0.1, -0.05) is 35.0 Å². The molecular weight excluding hydrogens is 1490 g/mol. The number of hydrogen-bond acceptors (Lipinski definition) is 74. The second-order valence-corrected chi connectivity index (χ2v) is 11.5. The predicted octanol–water partition coefficient (Wildman–Crippen LogP) is -0.642. The van der Waals surface area contributed by atoms with Gasteiger partial charge in [-0.3, -0.25) is 9.59 Å². The lowest BCUT2D eigenvalue weighted by molar-refractivity contribution is -0.912. The lowest BCUT2D eigenvalue weighted by Crippen LogP contribution is -2.16. The first-order valence-corrected chi connectivity index (χ1v) is 20.9. The Morgan fingerprint density at radius 2 is 0.633 bits per heavy atom. The van der Waals surface area contributed by atoms with E-state index in [0.717, 1.165) is 0 Å². The van der Waals surface area contributed by atoms with Crippen LogP contribution < -0.4 is 5.32 Å². The highest BCUT2D eigenvalue weighted by Gasteiger charge is 2.40. The van der Waals surface area contributed by atoms with Crippen LogP contribution in [0, 0.1) is 17.9 Å². The third-order valence-electron chi connectivity index (χ3n) is 6.41. The second-order valence-electron chi connectivity index (χ2n) is 10.9. The van der Waals surface area contributed by atoms with Crippen LogP contribution in [0.3, 0.4) is 0 Å². The van der Waals surface area contributed by atoms with E-state index < -0.39 is 7.91 Å². The Bertz CT molecular complexity index is 2420. The molecule has 1 heterocycles. The van der Waals surface area contributed by atoms with Gasteiger partial charge < -0.3 is 5.32 Å². The number of ketones is 1. The minimum absolute atomic E-state index is 0.124. The van der Waals surface area contributed by atoms with Crippen LogP contribution in [0.25, 0.3) is 16.1 Å². The summed E-state index contributed by atoms with van der Waals surface area (Å²) >= 11 is 0. The maximum Gasteiger partial charge on any atom is 0.498 e. The molecule has 2 N–H and O–H groups in total. The number of nitrogens with zero attached hydrogens (tertiary/aromatic N) is 2. The summed E-state index contributed by atoms with van der Waals surface area (Å²) in [6, 6.07) is 15.8. The zero-order chi connectivity index (χ0) is 69.9. The zero-order valence-corrected chi connectivity index (χ0v) is 43.9. The normalized spacial score (nSPS) is 12.7. The maximum absolute atomic E-state index is 12.7. The number of benzene rings is 2. The summed E-state index contributed by atoms with van der Waals surface area (Å²) in [5.41, 5.74) is 4.08. The number of nitrogens with one attached hydrogen (secondary N) is 1. The summed E-state index contributed by atoms with van der Waals surface area (Å²) < 4.78 is 23.0. The average Bonchev–Trinajstić information content (AvgIpc) is 1.59. The van der Waals surface area contributed by atoms with Crippen molar-refractivity contribution in [3.05, 3.63) is 87.8 Å². The van der Waals surface area contributed by atoms with Gasteiger partial charge >= 0.3 is 7.91 Å². The van der Waals surface area contributed by atoms with Crippen molar-refractivity contribution in [1.29, 1.82) is 5.26 Å². The minimum atomic E-state index is -3.42. The molecular formula is C21H12N3O73P. The van der Waals surface area contributed by atoms with Crippen molar-refractivity contribution in [2.75, 3.05) is 0 Å². The number of fused-ring (bicyclic) bond motifs is 1. The van der Waals surface area contributed by atoms with E-state index in [2.05, 4.69) is 358 Å². The first-order valence-electron chi connectivity index (χ1n) is 19.8. The number of Topliss-reactive ketones (excluding diaryl/α,β-unsaturated/α-hetero) is 1. The van der Waals surface area contributed by atoms with E-state index in [-0.39, 0.29) is 18.1 Å². The van der Waals surface area contributed by atoms with Crippen molar-refractivity contribution in [3.8, 4) is 6.07 Å². The molecule has 1 aliphatic carbocycles. The highest BCUT2D eigenvalue weighted by Crippen LogP contribution is 2.42. The Kier molecular flexibility index (Phi) is 55.4. The molecule has 0 fully saturated rings. The van der Waals surface area contributed by atoms with Crippen LogP contribution in [0.5, 0.6) is 0 Å². The first-order chi connectivity index (χ1) is 48.4. The van der Waals surface area contributed by atoms with Crippen molar-refractivity contribution in [1.82, 2.24) is 5.32 Å². The SMILES string of the molecule is O=P(=O)OOOOOOOOOOOOOOOOOOOOOOOOOOOOOOOOOOOOOOOOOOOOOOOOOOOOOOOOOOOOOOOOOOOOO.[C-]#[N+]c1cccc(C2=C3C(=O)CC(c4cccc(C#N)c4)=C3C(=O)N2)c1. The third-order valence-corrected chi connectivity index (χ3v) is 6.60. The van der Waals surface area contributed by atoms with Crippen molar-refractivity contribution in [3.63, 3.8) is 0 Å². The molecule has 1 aliphatic heterocycles. The lowest BCUT2D eigenvalue weighted by Gasteiger charge is -2.06. The molecule has 0 saturated heterocycles. The van der Waals surface area contributed by atoms with Gasteiger partial charge in [0.05, 0.1) is 35.0 Å². The van der Waals surface area contributed by atoms with Crippen LogP contribution in [0.4, 0.5) is 5.69 Å². The van der Waals surface area contributed by atoms with Gasteiger partial charge in [0.25, 0.3) is 5.91 Å². The molecule has 98 heavy (non-hydrogen) atoms. The highest BCUT2D eigenvalue weighted by molar-refractivity contribution is 7.24. The monoisotopic (exact) mass is 1500 g/mol. The Balaban J connectivity index is 0.000000783. The van der Waals surface area contributed by atoms with Gasteiger partial charge in [0.15, 0.2) is 11.5 Å². The average molecular weight is 1510 g/mol. The van der Waals surface area contributed by atoms with E-state index in [9.17, 15) is 18.7 Å². The van der Waals surface area contributed by atoms with Crippen molar-refractivity contribution in [2.24, 2.45) is 0 Å². The number of carbonyl (C=O) groups excluding carboxylic acids is 2. The number of allylic oxidation sites excluding steroid dienone is 1. The molecule has 0 unspecified atom stereocenters. The van der Waals surface area contributed by atoms with Crippen LogP contribution in [0.15, 0.2) is 59.7 Å². The van der Waals surface area contributed by atoms with Crippen molar-refractivity contribution >= 4 is 36.6 Å². The number of rotatable bonds is 70. The van der Waals surface area contributed by atoms with E-state index in [4.69, 9.17) is 17.1 Å². The van der Waals surface area contributed by atoms with Gasteiger partial charge in [0.1, 0.15) is 0 Å². The molecule has 2 aromatic rings. The Morgan fingerprint density at radius 3 is 0.898 bits per heavy atom. The van der Waals surface area contributed by atoms with Crippen LogP contribution in [0.2, 0.25) is 0 Å².